The van der Waals surface area contributed by atoms with Crippen LogP contribution >= 0.6 is 24.0 Å². The van der Waals surface area contributed by atoms with Gasteiger partial charge in [-0.2, -0.15) is 0 Å². The lowest BCUT2D eigenvalue weighted by molar-refractivity contribution is 0.0507. The largest absolute Gasteiger partial charge is 0.444 e. The minimum Gasteiger partial charge on any atom is -0.444 e. The maximum absolute atomic E-state index is 11.9. The fourth-order valence-electron chi connectivity index (χ4n) is 3.72. The fourth-order valence-corrected chi connectivity index (χ4v) is 3.72. The molecule has 2 aliphatic carbocycles. The average molecular weight is 464 g/mol. The molecule has 6 nitrogen and oxygen atoms in total. The van der Waals surface area contributed by atoms with Crippen molar-refractivity contribution in [3.63, 3.8) is 0 Å². The van der Waals surface area contributed by atoms with Gasteiger partial charge in [-0.25, -0.2) is 4.79 Å². The van der Waals surface area contributed by atoms with Crippen molar-refractivity contribution in [1.29, 1.82) is 0 Å². The molecule has 0 aromatic heterocycles. The monoisotopic (exact) mass is 464 g/mol. The van der Waals surface area contributed by atoms with E-state index in [1.807, 2.05) is 27.8 Å². The first kappa shape index (κ1) is 20.6. The summed E-state index contributed by atoms with van der Waals surface area (Å²) in [5.41, 5.74) is 0.102. The number of ether oxygens (including phenoxy) is 1. The Labute approximate surface area is 168 Å². The Bertz CT molecular complexity index is 510. The van der Waals surface area contributed by atoms with Gasteiger partial charge < -0.3 is 20.3 Å². The normalized spacial score (nSPS) is 25.2. The zero-order valence-electron chi connectivity index (χ0n) is 15.9. The highest BCUT2D eigenvalue weighted by Gasteiger charge is 2.53. The Morgan fingerprint density at radius 3 is 2.48 bits per heavy atom. The average Bonchev–Trinajstić information content (AvgIpc) is 3.37. The summed E-state index contributed by atoms with van der Waals surface area (Å²) in [4.78, 5) is 18.6. The molecule has 0 aromatic carbocycles. The predicted octanol–water partition coefficient (Wildman–Crippen LogP) is 2.97. The second-order valence-electron chi connectivity index (χ2n) is 8.62. The molecule has 7 heteroatoms. The van der Waals surface area contributed by atoms with E-state index in [0.717, 1.165) is 37.9 Å². The summed E-state index contributed by atoms with van der Waals surface area (Å²) in [6.45, 7) is 8.39. The number of carbonyl (C=O) groups excluding carboxylic acids is 1. The van der Waals surface area contributed by atoms with E-state index in [4.69, 9.17) is 4.74 Å². The van der Waals surface area contributed by atoms with Crippen molar-refractivity contribution in [2.24, 2.45) is 16.3 Å². The summed E-state index contributed by atoms with van der Waals surface area (Å²) < 4.78 is 5.34. The molecule has 3 rings (SSSR count). The van der Waals surface area contributed by atoms with E-state index in [1.165, 1.54) is 25.7 Å². The number of hydrogen-bond acceptors (Lipinski definition) is 3. The van der Waals surface area contributed by atoms with E-state index in [1.54, 1.807) is 0 Å². The Morgan fingerprint density at radius 1 is 1.28 bits per heavy atom. The molecule has 0 radical (unpaired) electrons. The zero-order chi connectivity index (χ0) is 17.4. The third-order valence-electron chi connectivity index (χ3n) is 5.35. The molecule has 0 aromatic rings. The number of nitrogens with zero attached hydrogens (tertiary/aromatic N) is 2. The van der Waals surface area contributed by atoms with Crippen molar-refractivity contribution in [2.75, 3.05) is 26.7 Å². The number of likely N-dealkylation sites (tertiary alicyclic amines) is 1. The highest BCUT2D eigenvalue weighted by molar-refractivity contribution is 14.0. The van der Waals surface area contributed by atoms with Crippen LogP contribution in [0, 0.1) is 11.3 Å². The van der Waals surface area contributed by atoms with E-state index in [0.29, 0.717) is 5.41 Å². The minimum absolute atomic E-state index is 0. The molecular formula is C18H33IN4O2. The second kappa shape index (κ2) is 7.88. The van der Waals surface area contributed by atoms with Crippen molar-refractivity contribution in [3.8, 4) is 0 Å². The summed E-state index contributed by atoms with van der Waals surface area (Å²) in [5, 5.41) is 6.55. The molecule has 1 amide bonds. The molecule has 1 atom stereocenters. The van der Waals surface area contributed by atoms with Crippen LogP contribution in [0.15, 0.2) is 4.99 Å². The van der Waals surface area contributed by atoms with Crippen molar-refractivity contribution >= 4 is 36.0 Å². The van der Waals surface area contributed by atoms with Crippen molar-refractivity contribution in [2.45, 2.75) is 64.5 Å². The molecule has 0 spiro atoms. The lowest BCUT2D eigenvalue weighted by Crippen LogP contribution is -2.45. The third kappa shape index (κ3) is 5.62. The number of halogens is 1. The van der Waals surface area contributed by atoms with Gasteiger partial charge in [0.1, 0.15) is 5.60 Å². The van der Waals surface area contributed by atoms with Gasteiger partial charge in [-0.1, -0.05) is 0 Å². The summed E-state index contributed by atoms with van der Waals surface area (Å²) in [6.07, 6.45) is 6.14. The molecule has 2 saturated carbocycles. The molecule has 0 bridgehead atoms. The van der Waals surface area contributed by atoms with Crippen LogP contribution in [0.4, 0.5) is 4.79 Å². The van der Waals surface area contributed by atoms with E-state index < -0.39 is 5.60 Å². The van der Waals surface area contributed by atoms with E-state index in [2.05, 4.69) is 20.5 Å². The van der Waals surface area contributed by atoms with E-state index in [-0.39, 0.29) is 36.1 Å². The van der Waals surface area contributed by atoms with Crippen LogP contribution in [0.1, 0.15) is 52.9 Å². The van der Waals surface area contributed by atoms with Gasteiger partial charge in [-0.05, 0) is 64.2 Å². The van der Waals surface area contributed by atoms with Crippen LogP contribution in [0.5, 0.6) is 0 Å². The standard InChI is InChI=1S/C18H32N4O2.HI/c1-17(2,3)24-16(23)21-14-7-10-22(11-14)15(19-4)20-12-18(8-9-18)13-5-6-13;/h13-14H,5-12H2,1-4H3,(H,19,20)(H,21,23);1H/t14-;/m1./s1. The molecule has 2 N–H and O–H groups in total. The SMILES string of the molecule is CN=C(NCC1(C2CC2)CC1)N1CC[C@@H](NC(=O)OC(C)(C)C)C1.I. The first-order valence-corrected chi connectivity index (χ1v) is 9.26. The fraction of sp³-hybridized carbons (Fsp3) is 0.889. The lowest BCUT2D eigenvalue weighted by Gasteiger charge is -2.25. The van der Waals surface area contributed by atoms with Crippen LogP contribution in [0.25, 0.3) is 0 Å². The third-order valence-corrected chi connectivity index (χ3v) is 5.35. The number of alkyl carbamates (subject to hydrolysis) is 1. The summed E-state index contributed by atoms with van der Waals surface area (Å²) >= 11 is 0. The van der Waals surface area contributed by atoms with Crippen LogP contribution < -0.4 is 10.6 Å². The number of hydrogen-bond donors (Lipinski definition) is 2. The van der Waals surface area contributed by atoms with Gasteiger partial charge >= 0.3 is 6.09 Å². The molecule has 1 heterocycles. The lowest BCUT2D eigenvalue weighted by atomic mass is 10.0. The number of aliphatic imine (C=N–C) groups is 1. The smallest absolute Gasteiger partial charge is 0.407 e. The minimum atomic E-state index is -0.457. The Hall–Kier alpha value is -0.730. The van der Waals surface area contributed by atoms with Gasteiger partial charge in [0, 0.05) is 26.7 Å². The molecule has 3 fully saturated rings. The van der Waals surface area contributed by atoms with Crippen LogP contribution in [-0.4, -0.2) is 55.3 Å². The van der Waals surface area contributed by atoms with Gasteiger partial charge in [0.25, 0.3) is 0 Å². The van der Waals surface area contributed by atoms with Gasteiger partial charge in [-0.3, -0.25) is 4.99 Å². The summed E-state index contributed by atoms with van der Waals surface area (Å²) in [7, 11) is 1.84. The second-order valence-corrected chi connectivity index (χ2v) is 8.62. The number of nitrogens with one attached hydrogen (secondary N) is 2. The zero-order valence-corrected chi connectivity index (χ0v) is 18.3. The van der Waals surface area contributed by atoms with Crippen LogP contribution in [0.3, 0.4) is 0 Å². The molecule has 1 saturated heterocycles. The maximum Gasteiger partial charge on any atom is 0.407 e. The van der Waals surface area contributed by atoms with E-state index >= 15 is 0 Å². The van der Waals surface area contributed by atoms with Gasteiger partial charge in [-0.15, -0.1) is 24.0 Å². The quantitative estimate of drug-likeness (QED) is 0.382. The highest BCUT2D eigenvalue weighted by Crippen LogP contribution is 2.60. The van der Waals surface area contributed by atoms with Crippen molar-refractivity contribution < 1.29 is 9.53 Å². The molecular weight excluding hydrogens is 431 g/mol. The summed E-state index contributed by atoms with van der Waals surface area (Å²) in [5.74, 6) is 1.92. The molecule has 1 aliphatic heterocycles. The summed E-state index contributed by atoms with van der Waals surface area (Å²) in [6, 6.07) is 0.122. The maximum atomic E-state index is 11.9. The number of guanidine groups is 1. The molecule has 144 valence electrons. The van der Waals surface area contributed by atoms with Crippen molar-refractivity contribution in [1.82, 2.24) is 15.5 Å². The first-order valence-electron chi connectivity index (χ1n) is 9.26. The van der Waals surface area contributed by atoms with Gasteiger partial charge in [0.15, 0.2) is 5.96 Å². The van der Waals surface area contributed by atoms with Gasteiger partial charge in [0.2, 0.25) is 0 Å². The van der Waals surface area contributed by atoms with Crippen molar-refractivity contribution in [3.05, 3.63) is 0 Å². The Kier molecular flexibility index (Phi) is 6.49. The first-order chi connectivity index (χ1) is 11.3. The number of amides is 1. The molecule has 25 heavy (non-hydrogen) atoms. The van der Waals surface area contributed by atoms with Crippen LogP contribution in [0.2, 0.25) is 0 Å². The molecule has 0 unspecified atom stereocenters. The van der Waals surface area contributed by atoms with E-state index in [9.17, 15) is 4.79 Å². The van der Waals surface area contributed by atoms with Crippen LogP contribution in [-0.2, 0) is 4.74 Å². The Balaban J connectivity index is 0.00000225. The highest BCUT2D eigenvalue weighted by atomic mass is 127. The topological polar surface area (TPSA) is 66.0 Å². The Morgan fingerprint density at radius 2 is 1.96 bits per heavy atom. The predicted molar refractivity (Wildman–Crippen MR) is 111 cm³/mol. The van der Waals surface area contributed by atoms with Gasteiger partial charge in [0.05, 0.1) is 6.04 Å². The molecule has 3 aliphatic rings. The number of rotatable bonds is 4. The number of carbonyl (C=O) groups is 1.